The summed E-state index contributed by atoms with van der Waals surface area (Å²) in [4.78, 5) is 17.5. The van der Waals surface area contributed by atoms with Crippen molar-refractivity contribution in [1.82, 2.24) is 9.80 Å². The smallest absolute Gasteiger partial charge is 0.237 e. The van der Waals surface area contributed by atoms with Crippen LogP contribution in [0.3, 0.4) is 0 Å². The molecule has 2 aromatic heterocycles. The maximum Gasteiger partial charge on any atom is 0.237 e. The molecule has 0 saturated carbocycles. The molecule has 1 aliphatic heterocycles. The summed E-state index contributed by atoms with van der Waals surface area (Å²) in [5, 5.41) is 1.99. The van der Waals surface area contributed by atoms with E-state index in [-0.39, 0.29) is 24.0 Å². The molecular weight excluding hydrogens is 348 g/mol. The van der Waals surface area contributed by atoms with Crippen molar-refractivity contribution in [3.63, 3.8) is 0 Å². The van der Waals surface area contributed by atoms with Gasteiger partial charge in [-0.3, -0.25) is 9.69 Å². The van der Waals surface area contributed by atoms with E-state index < -0.39 is 9.84 Å². The number of hydrogen-bond donors (Lipinski definition) is 0. The Morgan fingerprint density at radius 2 is 2.00 bits per heavy atom. The summed E-state index contributed by atoms with van der Waals surface area (Å²) in [5.41, 5.74) is 0. The van der Waals surface area contributed by atoms with Gasteiger partial charge in [-0.15, -0.1) is 11.3 Å². The quantitative estimate of drug-likeness (QED) is 0.775. The molecule has 3 heterocycles. The zero-order valence-corrected chi connectivity index (χ0v) is 14.9. The third-order valence-corrected chi connectivity index (χ3v) is 6.47. The lowest BCUT2D eigenvalue weighted by Gasteiger charge is -2.29. The first-order valence-corrected chi connectivity index (χ1v) is 10.5. The normalized spacial score (nSPS) is 17.7. The highest BCUT2D eigenvalue weighted by Gasteiger charge is 2.25. The van der Waals surface area contributed by atoms with Crippen molar-refractivity contribution < 1.29 is 17.6 Å². The number of furan rings is 1. The molecule has 0 atom stereocenters. The van der Waals surface area contributed by atoms with Crippen LogP contribution in [-0.4, -0.2) is 55.3 Å². The van der Waals surface area contributed by atoms with E-state index in [4.69, 9.17) is 4.42 Å². The van der Waals surface area contributed by atoms with Crippen LogP contribution in [0.2, 0.25) is 0 Å². The molecule has 1 amide bonds. The summed E-state index contributed by atoms with van der Waals surface area (Å²) >= 11 is 1.61. The summed E-state index contributed by atoms with van der Waals surface area (Å²) in [6.45, 7) is 2.02. The number of nitrogens with zero attached hydrogens (tertiary/aromatic N) is 2. The number of rotatable bonds is 6. The minimum atomic E-state index is -2.93. The first-order valence-electron chi connectivity index (χ1n) is 7.77. The fourth-order valence-electron chi connectivity index (χ4n) is 2.61. The van der Waals surface area contributed by atoms with Gasteiger partial charge in [-0.05, 0) is 23.6 Å². The summed E-state index contributed by atoms with van der Waals surface area (Å²) in [5.74, 6) is 0.979. The van der Waals surface area contributed by atoms with E-state index in [0.29, 0.717) is 26.2 Å². The molecule has 3 rings (SSSR count). The van der Waals surface area contributed by atoms with Gasteiger partial charge in [-0.25, -0.2) is 8.42 Å². The second kappa shape index (κ2) is 7.50. The molecule has 1 aliphatic rings. The zero-order valence-electron chi connectivity index (χ0n) is 13.3. The Morgan fingerprint density at radius 3 is 2.62 bits per heavy atom. The first-order chi connectivity index (χ1) is 11.5. The fraction of sp³-hybridized carbons (Fsp3) is 0.438. The zero-order chi connectivity index (χ0) is 17.0. The van der Waals surface area contributed by atoms with Gasteiger partial charge in [-0.2, -0.15) is 0 Å². The molecule has 0 aliphatic carbocycles. The van der Waals surface area contributed by atoms with Crippen molar-refractivity contribution in [2.75, 3.05) is 31.1 Å². The Hall–Kier alpha value is -1.64. The predicted molar refractivity (Wildman–Crippen MR) is 92.4 cm³/mol. The van der Waals surface area contributed by atoms with Crippen LogP contribution >= 0.6 is 11.3 Å². The van der Waals surface area contributed by atoms with Gasteiger partial charge in [0.2, 0.25) is 5.91 Å². The third-order valence-electron chi connectivity index (χ3n) is 4.00. The molecule has 24 heavy (non-hydrogen) atoms. The van der Waals surface area contributed by atoms with Crippen LogP contribution in [0.15, 0.2) is 40.3 Å². The van der Waals surface area contributed by atoms with Gasteiger partial charge in [0.05, 0.1) is 37.4 Å². The average Bonchev–Trinajstić information content (AvgIpc) is 3.22. The average molecular weight is 368 g/mol. The molecule has 0 aromatic carbocycles. The van der Waals surface area contributed by atoms with E-state index in [1.165, 1.54) is 0 Å². The van der Waals surface area contributed by atoms with Crippen molar-refractivity contribution >= 4 is 27.1 Å². The molecule has 0 bridgehead atoms. The van der Waals surface area contributed by atoms with Crippen LogP contribution in [0, 0.1) is 0 Å². The van der Waals surface area contributed by atoms with Gasteiger partial charge in [0, 0.05) is 18.0 Å². The van der Waals surface area contributed by atoms with Crippen LogP contribution in [0.5, 0.6) is 0 Å². The number of carbonyl (C=O) groups is 1. The summed E-state index contributed by atoms with van der Waals surface area (Å²) in [7, 11) is -2.93. The summed E-state index contributed by atoms with van der Waals surface area (Å²) in [6, 6.07) is 7.62. The Bertz CT molecular complexity index is 704. The van der Waals surface area contributed by atoms with Crippen molar-refractivity contribution in [2.24, 2.45) is 0 Å². The van der Waals surface area contributed by atoms with Crippen molar-refractivity contribution in [3.8, 4) is 0 Å². The molecule has 1 fully saturated rings. The number of hydrogen-bond acceptors (Lipinski definition) is 6. The van der Waals surface area contributed by atoms with E-state index in [1.807, 2.05) is 28.5 Å². The number of carbonyl (C=O) groups excluding carboxylic acids is 1. The molecule has 6 nitrogen and oxygen atoms in total. The number of sulfone groups is 1. The standard InChI is InChI=1S/C16H20N2O4S2/c19-16(13-17-5-9-24(20,21)10-6-17)18(11-14-3-1-7-22-14)12-15-4-2-8-23-15/h1-4,7-8H,5-6,9-13H2. The van der Waals surface area contributed by atoms with Gasteiger partial charge < -0.3 is 9.32 Å². The monoisotopic (exact) mass is 368 g/mol. The molecule has 2 aromatic rings. The molecule has 0 spiro atoms. The first kappa shape index (κ1) is 17.2. The van der Waals surface area contributed by atoms with E-state index >= 15 is 0 Å². The molecular formula is C16H20N2O4S2. The highest BCUT2D eigenvalue weighted by atomic mass is 32.2. The van der Waals surface area contributed by atoms with Crippen LogP contribution < -0.4 is 0 Å². The minimum Gasteiger partial charge on any atom is -0.467 e. The van der Waals surface area contributed by atoms with Gasteiger partial charge in [0.15, 0.2) is 9.84 Å². The number of thiophene rings is 1. The molecule has 1 saturated heterocycles. The Labute approximate surface area is 145 Å². The second-order valence-electron chi connectivity index (χ2n) is 5.84. The second-order valence-corrected chi connectivity index (χ2v) is 9.17. The van der Waals surface area contributed by atoms with E-state index in [2.05, 4.69) is 0 Å². The topological polar surface area (TPSA) is 70.8 Å². The van der Waals surface area contributed by atoms with Crippen LogP contribution in [-0.2, 0) is 27.7 Å². The lowest BCUT2D eigenvalue weighted by atomic mass is 10.3. The molecule has 0 unspecified atom stereocenters. The molecule has 0 radical (unpaired) electrons. The molecule has 8 heteroatoms. The Balaban J connectivity index is 1.64. The summed E-state index contributed by atoms with van der Waals surface area (Å²) < 4.78 is 28.4. The largest absolute Gasteiger partial charge is 0.467 e. The Kier molecular flexibility index (Phi) is 5.37. The van der Waals surface area contributed by atoms with E-state index in [1.54, 1.807) is 28.6 Å². The van der Waals surface area contributed by atoms with Gasteiger partial charge in [0.1, 0.15) is 5.76 Å². The summed E-state index contributed by atoms with van der Waals surface area (Å²) in [6.07, 6.45) is 1.60. The van der Waals surface area contributed by atoms with Gasteiger partial charge in [0.25, 0.3) is 0 Å². The maximum atomic E-state index is 12.7. The molecule has 0 N–H and O–H groups in total. The SMILES string of the molecule is O=C(CN1CCS(=O)(=O)CC1)N(Cc1ccco1)Cc1cccs1. The highest BCUT2D eigenvalue weighted by molar-refractivity contribution is 7.91. The highest BCUT2D eigenvalue weighted by Crippen LogP contribution is 2.16. The Morgan fingerprint density at radius 1 is 1.21 bits per heavy atom. The lowest BCUT2D eigenvalue weighted by molar-refractivity contribution is -0.133. The molecule has 130 valence electrons. The van der Waals surface area contributed by atoms with Gasteiger partial charge in [-0.1, -0.05) is 6.07 Å². The number of amides is 1. The van der Waals surface area contributed by atoms with Crippen LogP contribution in [0.1, 0.15) is 10.6 Å². The van der Waals surface area contributed by atoms with Crippen molar-refractivity contribution in [1.29, 1.82) is 0 Å². The van der Waals surface area contributed by atoms with Gasteiger partial charge >= 0.3 is 0 Å². The minimum absolute atomic E-state index is 0.0147. The third kappa shape index (κ3) is 4.68. The van der Waals surface area contributed by atoms with E-state index in [0.717, 1.165) is 10.6 Å². The van der Waals surface area contributed by atoms with E-state index in [9.17, 15) is 13.2 Å². The van der Waals surface area contributed by atoms with Crippen molar-refractivity contribution in [3.05, 3.63) is 46.5 Å². The lowest BCUT2D eigenvalue weighted by Crippen LogP contribution is -2.46. The predicted octanol–water partition coefficient (Wildman–Crippen LogP) is 1.60. The van der Waals surface area contributed by atoms with Crippen LogP contribution in [0.25, 0.3) is 0 Å². The fourth-order valence-corrected chi connectivity index (χ4v) is 4.61. The maximum absolute atomic E-state index is 12.7. The van der Waals surface area contributed by atoms with Crippen molar-refractivity contribution in [2.45, 2.75) is 13.1 Å². The van der Waals surface area contributed by atoms with Crippen LogP contribution in [0.4, 0.5) is 0 Å².